The Bertz CT molecular complexity index is 588. The number of hydrogen-bond acceptors (Lipinski definition) is 6. The standard InChI is InChI=1S/C12H11ClN2OS3/c1-7(18-12-15-14-11(17-2)19-12)10(16)8-4-3-5-9(13)6-8/h3-7H,1-2H3/t7-/m0/s1. The van der Waals surface area contributed by atoms with Crippen molar-refractivity contribution in [1.29, 1.82) is 0 Å². The van der Waals surface area contributed by atoms with E-state index in [2.05, 4.69) is 10.2 Å². The Morgan fingerprint density at radius 2 is 2.11 bits per heavy atom. The zero-order chi connectivity index (χ0) is 13.8. The Morgan fingerprint density at radius 3 is 2.74 bits per heavy atom. The Hall–Kier alpha value is -0.560. The molecular formula is C12H11ClN2OS3. The quantitative estimate of drug-likeness (QED) is 0.604. The van der Waals surface area contributed by atoms with Gasteiger partial charge < -0.3 is 0 Å². The lowest BCUT2D eigenvalue weighted by atomic mass is 10.1. The molecule has 0 unspecified atom stereocenters. The van der Waals surface area contributed by atoms with Crippen LogP contribution in [0.15, 0.2) is 32.9 Å². The van der Waals surface area contributed by atoms with Gasteiger partial charge in [0.15, 0.2) is 14.5 Å². The largest absolute Gasteiger partial charge is 0.293 e. The van der Waals surface area contributed by atoms with Crippen LogP contribution in [0.2, 0.25) is 5.02 Å². The van der Waals surface area contributed by atoms with Crippen molar-refractivity contribution >= 4 is 52.2 Å². The maximum absolute atomic E-state index is 12.2. The Morgan fingerprint density at radius 1 is 1.37 bits per heavy atom. The second-order valence-electron chi connectivity index (χ2n) is 3.67. The average Bonchev–Trinajstić information content (AvgIpc) is 2.85. The van der Waals surface area contributed by atoms with Crippen molar-refractivity contribution in [1.82, 2.24) is 10.2 Å². The van der Waals surface area contributed by atoms with E-state index in [1.807, 2.05) is 13.2 Å². The highest BCUT2D eigenvalue weighted by molar-refractivity contribution is 8.03. The minimum atomic E-state index is -0.207. The molecule has 1 aromatic carbocycles. The topological polar surface area (TPSA) is 42.9 Å². The third-order valence-electron chi connectivity index (χ3n) is 2.32. The number of aromatic nitrogens is 2. The fraction of sp³-hybridized carbons (Fsp3) is 0.250. The summed E-state index contributed by atoms with van der Waals surface area (Å²) in [6.07, 6.45) is 1.95. The van der Waals surface area contributed by atoms with Crippen molar-refractivity contribution in [3.63, 3.8) is 0 Å². The van der Waals surface area contributed by atoms with Crippen LogP contribution in [-0.4, -0.2) is 27.5 Å². The molecule has 100 valence electrons. The normalized spacial score (nSPS) is 12.4. The first kappa shape index (κ1) is 14.8. The lowest BCUT2D eigenvalue weighted by Gasteiger charge is -2.07. The Balaban J connectivity index is 2.07. The molecule has 0 saturated carbocycles. The number of thioether (sulfide) groups is 2. The highest BCUT2D eigenvalue weighted by Crippen LogP contribution is 2.31. The monoisotopic (exact) mass is 330 g/mol. The molecule has 0 aliphatic rings. The van der Waals surface area contributed by atoms with Crippen LogP contribution in [0, 0.1) is 0 Å². The third-order valence-corrected chi connectivity index (χ3v) is 5.64. The van der Waals surface area contributed by atoms with Crippen molar-refractivity contribution in [2.24, 2.45) is 0 Å². The number of carbonyl (C=O) groups excluding carboxylic acids is 1. The van der Waals surface area contributed by atoms with Crippen molar-refractivity contribution in [3.05, 3.63) is 34.9 Å². The van der Waals surface area contributed by atoms with E-state index in [4.69, 9.17) is 11.6 Å². The summed E-state index contributed by atoms with van der Waals surface area (Å²) in [6, 6.07) is 7.00. The van der Waals surface area contributed by atoms with Crippen molar-refractivity contribution < 1.29 is 4.79 Å². The molecular weight excluding hydrogens is 320 g/mol. The van der Waals surface area contributed by atoms with E-state index in [9.17, 15) is 4.79 Å². The molecule has 0 bridgehead atoms. The molecule has 0 N–H and O–H groups in total. The number of hydrogen-bond donors (Lipinski definition) is 0. The predicted molar refractivity (Wildman–Crippen MR) is 82.8 cm³/mol. The van der Waals surface area contributed by atoms with Gasteiger partial charge in [-0.05, 0) is 25.3 Å². The third kappa shape index (κ3) is 3.95. The zero-order valence-corrected chi connectivity index (χ0v) is 13.5. The summed E-state index contributed by atoms with van der Waals surface area (Å²) in [4.78, 5) is 12.2. The van der Waals surface area contributed by atoms with Crippen LogP contribution in [0.25, 0.3) is 0 Å². The van der Waals surface area contributed by atoms with E-state index in [1.165, 1.54) is 23.1 Å². The van der Waals surface area contributed by atoms with Gasteiger partial charge in [-0.25, -0.2) is 0 Å². The highest BCUT2D eigenvalue weighted by atomic mass is 35.5. The lowest BCUT2D eigenvalue weighted by Crippen LogP contribution is -2.13. The van der Waals surface area contributed by atoms with E-state index in [0.717, 1.165) is 8.68 Å². The Kier molecular flexibility index (Phi) is 5.27. The first-order valence-electron chi connectivity index (χ1n) is 5.44. The van der Waals surface area contributed by atoms with Crippen LogP contribution in [0.4, 0.5) is 0 Å². The highest BCUT2D eigenvalue weighted by Gasteiger charge is 2.18. The van der Waals surface area contributed by atoms with Gasteiger partial charge in [-0.2, -0.15) is 0 Å². The lowest BCUT2D eigenvalue weighted by molar-refractivity contribution is 0.0994. The number of Topliss-reactive ketones (excluding diaryl/α,β-unsaturated/α-hetero) is 1. The number of ketones is 1. The molecule has 2 aromatic rings. The number of nitrogens with zero attached hydrogens (tertiary/aromatic N) is 2. The van der Waals surface area contributed by atoms with Crippen molar-refractivity contribution in [2.45, 2.75) is 20.9 Å². The Labute approximate surface area is 129 Å². The van der Waals surface area contributed by atoms with Gasteiger partial charge in [0.2, 0.25) is 0 Å². The zero-order valence-electron chi connectivity index (χ0n) is 10.3. The molecule has 3 nitrogen and oxygen atoms in total. The predicted octanol–water partition coefficient (Wildman–Crippen LogP) is 4.28. The van der Waals surface area contributed by atoms with E-state index in [1.54, 1.807) is 36.0 Å². The fourth-order valence-electron chi connectivity index (χ4n) is 1.41. The van der Waals surface area contributed by atoms with E-state index < -0.39 is 0 Å². The van der Waals surface area contributed by atoms with E-state index >= 15 is 0 Å². The first-order chi connectivity index (χ1) is 9.10. The smallest absolute Gasteiger partial charge is 0.176 e. The van der Waals surface area contributed by atoms with Gasteiger partial charge in [0, 0.05) is 10.6 Å². The number of carbonyl (C=O) groups is 1. The summed E-state index contributed by atoms with van der Waals surface area (Å²) in [5, 5.41) is 8.43. The van der Waals surface area contributed by atoms with Crippen LogP contribution in [0.5, 0.6) is 0 Å². The first-order valence-corrected chi connectivity index (χ1v) is 8.74. The van der Waals surface area contributed by atoms with Gasteiger partial charge in [0.05, 0.1) is 5.25 Å². The molecule has 0 amide bonds. The molecule has 0 fully saturated rings. The molecule has 0 aliphatic heterocycles. The van der Waals surface area contributed by atoms with Gasteiger partial charge in [-0.1, -0.05) is 58.6 Å². The number of benzene rings is 1. The van der Waals surface area contributed by atoms with Crippen LogP contribution in [-0.2, 0) is 0 Å². The second-order valence-corrected chi connectivity index (χ2v) is 7.73. The van der Waals surface area contributed by atoms with Crippen LogP contribution in [0.1, 0.15) is 17.3 Å². The average molecular weight is 331 g/mol. The van der Waals surface area contributed by atoms with Crippen molar-refractivity contribution in [2.75, 3.05) is 6.26 Å². The van der Waals surface area contributed by atoms with Gasteiger partial charge >= 0.3 is 0 Å². The SMILES string of the molecule is CSc1nnc(S[C@@H](C)C(=O)c2cccc(Cl)c2)s1. The maximum Gasteiger partial charge on any atom is 0.176 e. The number of rotatable bonds is 5. The van der Waals surface area contributed by atoms with E-state index in [0.29, 0.717) is 10.6 Å². The van der Waals surface area contributed by atoms with Gasteiger partial charge in [0.1, 0.15) is 0 Å². The molecule has 0 radical (unpaired) electrons. The van der Waals surface area contributed by atoms with Gasteiger partial charge in [-0.3, -0.25) is 4.79 Å². The summed E-state index contributed by atoms with van der Waals surface area (Å²) in [5.74, 6) is 0.0494. The molecule has 1 atom stereocenters. The summed E-state index contributed by atoms with van der Waals surface area (Å²) in [7, 11) is 0. The summed E-state index contributed by atoms with van der Waals surface area (Å²) >= 11 is 10.4. The minimum Gasteiger partial charge on any atom is -0.293 e. The van der Waals surface area contributed by atoms with Crippen LogP contribution in [0.3, 0.4) is 0 Å². The van der Waals surface area contributed by atoms with Gasteiger partial charge in [-0.15, -0.1) is 10.2 Å². The molecule has 7 heteroatoms. The van der Waals surface area contributed by atoms with E-state index in [-0.39, 0.29) is 11.0 Å². The van der Waals surface area contributed by atoms with Crippen LogP contribution >= 0.6 is 46.5 Å². The molecule has 0 saturated heterocycles. The minimum absolute atomic E-state index is 0.0494. The molecule has 0 spiro atoms. The molecule has 1 aromatic heterocycles. The summed E-state index contributed by atoms with van der Waals surface area (Å²) in [5.41, 5.74) is 0.627. The fourth-order valence-corrected chi connectivity index (χ4v) is 4.26. The summed E-state index contributed by atoms with van der Waals surface area (Å²) in [6.45, 7) is 1.87. The molecule has 2 rings (SSSR count). The van der Waals surface area contributed by atoms with Crippen molar-refractivity contribution in [3.8, 4) is 0 Å². The number of halogens is 1. The second kappa shape index (κ2) is 6.74. The molecule has 19 heavy (non-hydrogen) atoms. The summed E-state index contributed by atoms with van der Waals surface area (Å²) < 4.78 is 1.72. The maximum atomic E-state index is 12.2. The van der Waals surface area contributed by atoms with Gasteiger partial charge in [0.25, 0.3) is 0 Å². The molecule has 0 aliphatic carbocycles. The molecule has 1 heterocycles. The van der Waals surface area contributed by atoms with Crippen LogP contribution < -0.4 is 0 Å².